The molecule has 1 amide bonds. The Morgan fingerprint density at radius 1 is 1.03 bits per heavy atom. The van der Waals surface area contributed by atoms with E-state index in [-0.39, 0.29) is 11.7 Å². The van der Waals surface area contributed by atoms with E-state index in [0.29, 0.717) is 17.4 Å². The van der Waals surface area contributed by atoms with Crippen LogP contribution >= 0.6 is 0 Å². The minimum atomic E-state index is -0.592. The number of likely N-dealkylation sites (tertiary alicyclic amines) is 1. The first-order chi connectivity index (χ1) is 17.0. The summed E-state index contributed by atoms with van der Waals surface area (Å²) < 4.78 is 13.8. The highest BCUT2D eigenvalue weighted by Gasteiger charge is 2.35. The van der Waals surface area contributed by atoms with E-state index in [1.54, 1.807) is 6.07 Å². The minimum Gasteiger partial charge on any atom is -0.325 e. The number of carbonyl (C=O) groups is 1. The van der Waals surface area contributed by atoms with Crippen LogP contribution in [0.4, 0.5) is 15.8 Å². The molecule has 1 atom stereocenters. The number of nitrogens with zero attached hydrogens (tertiary/aromatic N) is 3. The van der Waals surface area contributed by atoms with Gasteiger partial charge < -0.3 is 10.2 Å². The molecule has 1 fully saturated rings. The Balaban J connectivity index is 1.39. The largest absolute Gasteiger partial charge is 0.325 e. The highest BCUT2D eigenvalue weighted by molar-refractivity contribution is 6.24. The van der Waals surface area contributed by atoms with Gasteiger partial charge in [-0.2, -0.15) is 0 Å². The van der Waals surface area contributed by atoms with Crippen LogP contribution in [0.15, 0.2) is 77.8 Å². The van der Waals surface area contributed by atoms with Crippen LogP contribution < -0.4 is 5.32 Å². The topological polar surface area (TPSA) is 47.9 Å². The highest BCUT2D eigenvalue weighted by atomic mass is 19.1. The lowest BCUT2D eigenvalue weighted by Crippen LogP contribution is -2.41. The summed E-state index contributed by atoms with van der Waals surface area (Å²) in [7, 11) is 4.32. The zero-order valence-electron chi connectivity index (χ0n) is 20.2. The smallest absolute Gasteiger partial charge is 0.238 e. The molecule has 35 heavy (non-hydrogen) atoms. The Bertz CT molecular complexity index is 1220. The van der Waals surface area contributed by atoms with Crippen LogP contribution in [0.2, 0.25) is 0 Å². The molecule has 0 bridgehead atoms. The van der Waals surface area contributed by atoms with Gasteiger partial charge in [0.15, 0.2) is 0 Å². The molecule has 5 nitrogen and oxygen atoms in total. The molecule has 1 N–H and O–H groups in total. The van der Waals surface area contributed by atoms with Gasteiger partial charge in [-0.15, -0.1) is 0 Å². The first-order valence-electron chi connectivity index (χ1n) is 12.2. The molecule has 6 heteroatoms. The number of piperidine rings is 1. The highest BCUT2D eigenvalue weighted by Crippen LogP contribution is 2.36. The quantitative estimate of drug-likeness (QED) is 0.503. The van der Waals surface area contributed by atoms with Crippen molar-refractivity contribution < 1.29 is 9.18 Å². The third-order valence-corrected chi connectivity index (χ3v) is 7.07. The van der Waals surface area contributed by atoms with Crippen LogP contribution in [0, 0.1) is 5.82 Å². The number of fused-ring (bicyclic) bond motifs is 1. The maximum absolute atomic E-state index is 13.8. The molecule has 2 heterocycles. The number of benzene rings is 3. The molecule has 0 radical (unpaired) electrons. The molecule has 2 aliphatic rings. The SMILES string of the molecule is CN(C)C1CCN(Cc2ccc(N=C(c3ccccc3)C3C(=O)Nc4cc(F)ccc43)cc2)CC1. The molecule has 0 aromatic heterocycles. The van der Waals surface area contributed by atoms with E-state index in [4.69, 9.17) is 4.99 Å². The number of aliphatic imine (C=N–C) groups is 1. The molecule has 1 unspecified atom stereocenters. The van der Waals surface area contributed by atoms with Gasteiger partial charge in [-0.1, -0.05) is 48.5 Å². The molecule has 2 aliphatic heterocycles. The fourth-order valence-electron chi connectivity index (χ4n) is 5.08. The van der Waals surface area contributed by atoms with Crippen LogP contribution in [0.3, 0.4) is 0 Å². The Hall–Kier alpha value is -3.35. The van der Waals surface area contributed by atoms with Crippen molar-refractivity contribution in [2.45, 2.75) is 31.3 Å². The summed E-state index contributed by atoms with van der Waals surface area (Å²) >= 11 is 0. The standard InChI is InChI=1S/C29H31FN4O/c1-33(2)24-14-16-34(17-15-24)19-20-8-11-23(12-9-20)31-28(21-6-4-3-5-7-21)27-25-13-10-22(30)18-26(25)32-29(27)35/h3-13,18,24,27H,14-17,19H2,1-2H3,(H,32,35). The monoisotopic (exact) mass is 470 g/mol. The number of carbonyl (C=O) groups excluding carboxylic acids is 1. The Morgan fingerprint density at radius 3 is 2.43 bits per heavy atom. The van der Waals surface area contributed by atoms with E-state index in [2.05, 4.69) is 41.3 Å². The number of halogens is 1. The summed E-state index contributed by atoms with van der Waals surface area (Å²) in [5, 5.41) is 2.82. The number of rotatable bonds is 6. The van der Waals surface area contributed by atoms with Crippen LogP contribution in [0.5, 0.6) is 0 Å². The van der Waals surface area contributed by atoms with Crippen LogP contribution in [0.1, 0.15) is 35.4 Å². The molecular weight excluding hydrogens is 439 g/mol. The third kappa shape index (κ3) is 5.19. The summed E-state index contributed by atoms with van der Waals surface area (Å²) in [6, 6.07) is 23.1. The molecule has 0 aliphatic carbocycles. The summed E-state index contributed by atoms with van der Waals surface area (Å²) in [5.41, 5.74) is 4.84. The second kappa shape index (κ2) is 10.1. The van der Waals surface area contributed by atoms with Crippen LogP contribution in [0.25, 0.3) is 0 Å². The summed E-state index contributed by atoms with van der Waals surface area (Å²) in [4.78, 5) is 22.7. The maximum Gasteiger partial charge on any atom is 0.238 e. The van der Waals surface area contributed by atoms with Gasteiger partial charge in [-0.05, 0) is 81.0 Å². The lowest BCUT2D eigenvalue weighted by Gasteiger charge is -2.35. The van der Waals surface area contributed by atoms with Crippen molar-refractivity contribution >= 4 is 23.0 Å². The first kappa shape index (κ1) is 23.4. The van der Waals surface area contributed by atoms with Gasteiger partial charge in [0.25, 0.3) is 0 Å². The molecule has 3 aromatic rings. The first-order valence-corrected chi connectivity index (χ1v) is 12.2. The molecule has 5 rings (SSSR count). The summed E-state index contributed by atoms with van der Waals surface area (Å²) in [5.74, 6) is -1.15. The van der Waals surface area contributed by atoms with Crippen LogP contribution in [-0.4, -0.2) is 54.6 Å². The van der Waals surface area contributed by atoms with Gasteiger partial charge in [-0.3, -0.25) is 14.7 Å². The molecule has 0 saturated carbocycles. The summed E-state index contributed by atoms with van der Waals surface area (Å²) in [6.45, 7) is 3.15. The van der Waals surface area contributed by atoms with Crippen molar-refractivity contribution in [1.82, 2.24) is 9.80 Å². The number of anilines is 1. The molecule has 1 saturated heterocycles. The number of hydrogen-bond acceptors (Lipinski definition) is 4. The zero-order chi connectivity index (χ0) is 24.4. The van der Waals surface area contributed by atoms with E-state index in [0.717, 1.165) is 36.4 Å². The van der Waals surface area contributed by atoms with Gasteiger partial charge in [0.05, 0.1) is 11.4 Å². The van der Waals surface area contributed by atoms with Gasteiger partial charge in [0, 0.05) is 18.3 Å². The second-order valence-electron chi connectivity index (χ2n) is 9.65. The Morgan fingerprint density at radius 2 is 1.74 bits per heavy atom. The minimum absolute atomic E-state index is 0.189. The lowest BCUT2D eigenvalue weighted by molar-refractivity contribution is -0.115. The van der Waals surface area contributed by atoms with Gasteiger partial charge >= 0.3 is 0 Å². The average Bonchev–Trinajstić information content (AvgIpc) is 3.19. The van der Waals surface area contributed by atoms with E-state index in [9.17, 15) is 9.18 Å². The van der Waals surface area contributed by atoms with E-state index >= 15 is 0 Å². The second-order valence-corrected chi connectivity index (χ2v) is 9.65. The van der Waals surface area contributed by atoms with Crippen molar-refractivity contribution in [3.8, 4) is 0 Å². The van der Waals surface area contributed by atoms with Crippen molar-refractivity contribution in [2.24, 2.45) is 4.99 Å². The average molecular weight is 471 g/mol. The van der Waals surface area contributed by atoms with Crippen molar-refractivity contribution in [1.29, 1.82) is 0 Å². The van der Waals surface area contributed by atoms with Crippen LogP contribution in [-0.2, 0) is 11.3 Å². The fourth-order valence-corrected chi connectivity index (χ4v) is 5.08. The normalized spacial score (nSPS) is 19.1. The Labute approximate surface area is 206 Å². The molecule has 3 aromatic carbocycles. The van der Waals surface area contributed by atoms with Crippen molar-refractivity contribution in [2.75, 3.05) is 32.5 Å². The molecule has 0 spiro atoms. The number of hydrogen-bond donors (Lipinski definition) is 1. The number of amides is 1. The van der Waals surface area contributed by atoms with Gasteiger partial charge in [0.2, 0.25) is 5.91 Å². The zero-order valence-corrected chi connectivity index (χ0v) is 20.2. The van der Waals surface area contributed by atoms with Crippen molar-refractivity contribution in [3.63, 3.8) is 0 Å². The molecular formula is C29H31FN4O. The predicted molar refractivity (Wildman–Crippen MR) is 139 cm³/mol. The van der Waals surface area contributed by atoms with E-state index < -0.39 is 5.92 Å². The third-order valence-electron chi connectivity index (χ3n) is 7.07. The summed E-state index contributed by atoms with van der Waals surface area (Å²) in [6.07, 6.45) is 2.40. The maximum atomic E-state index is 13.8. The van der Waals surface area contributed by atoms with E-state index in [1.807, 2.05) is 42.5 Å². The fraction of sp³-hybridized carbons (Fsp3) is 0.310. The molecule has 180 valence electrons. The van der Waals surface area contributed by atoms with Crippen molar-refractivity contribution in [3.05, 3.63) is 95.3 Å². The predicted octanol–water partition coefficient (Wildman–Crippen LogP) is 5.21. The lowest BCUT2D eigenvalue weighted by atomic mass is 9.90. The van der Waals surface area contributed by atoms with Gasteiger partial charge in [-0.25, -0.2) is 4.39 Å². The van der Waals surface area contributed by atoms with Gasteiger partial charge in [0.1, 0.15) is 11.7 Å². The number of nitrogens with one attached hydrogen (secondary N) is 1. The Kier molecular flexibility index (Phi) is 6.75. The van der Waals surface area contributed by atoms with E-state index in [1.165, 1.54) is 30.5 Å².